The van der Waals surface area contributed by atoms with Crippen LogP contribution in [-0.4, -0.2) is 16.4 Å². The van der Waals surface area contributed by atoms with Crippen LogP contribution in [0.4, 0.5) is 0 Å². The van der Waals surface area contributed by atoms with Gasteiger partial charge in [-0.25, -0.2) is 4.98 Å². The molecule has 0 fully saturated rings. The highest BCUT2D eigenvalue weighted by molar-refractivity contribution is 6.00. The summed E-state index contributed by atoms with van der Waals surface area (Å²) in [4.78, 5) is 16.4. The number of hydrogen-bond acceptors (Lipinski definition) is 4. The van der Waals surface area contributed by atoms with Crippen molar-refractivity contribution in [1.29, 1.82) is 5.26 Å². The van der Waals surface area contributed by atoms with E-state index in [4.69, 9.17) is 10.00 Å². The average Bonchev–Trinajstić information content (AvgIpc) is 2.52. The van der Waals surface area contributed by atoms with Gasteiger partial charge < -0.3 is 4.74 Å². The molecule has 0 atom stereocenters. The fourth-order valence-corrected chi connectivity index (χ4v) is 2.39. The van der Waals surface area contributed by atoms with E-state index in [2.05, 4.69) is 22.9 Å². The maximum Gasteiger partial charge on any atom is 0.224 e. The molecule has 0 unspecified atom stereocenters. The predicted molar refractivity (Wildman–Crippen MR) is 85.0 cm³/mol. The lowest BCUT2D eigenvalue weighted by Crippen LogP contribution is -2.36. The second kappa shape index (κ2) is 5.59. The number of ether oxygens (including phenoxy) is 1. The van der Waals surface area contributed by atoms with Crippen molar-refractivity contribution in [2.75, 3.05) is 0 Å². The highest BCUT2D eigenvalue weighted by Gasteiger charge is 2.33. The molecule has 0 aliphatic carbocycles. The third-order valence-electron chi connectivity index (χ3n) is 3.45. The Morgan fingerprint density at radius 3 is 2.70 bits per heavy atom. The number of fused-ring (bicyclic) bond motifs is 1. The number of rotatable bonds is 0. The Morgan fingerprint density at radius 2 is 1.91 bits per heavy atom. The van der Waals surface area contributed by atoms with Crippen LogP contribution in [-0.2, 0) is 0 Å². The van der Waals surface area contributed by atoms with Crippen molar-refractivity contribution in [3.05, 3.63) is 58.8 Å². The Morgan fingerprint density at radius 1 is 1.17 bits per heavy atom. The van der Waals surface area contributed by atoms with Gasteiger partial charge in [0.05, 0.1) is 23.6 Å². The van der Waals surface area contributed by atoms with E-state index in [9.17, 15) is 4.79 Å². The van der Waals surface area contributed by atoms with E-state index >= 15 is 0 Å². The minimum absolute atomic E-state index is 0.0128. The number of aromatic nitrogens is 1. The highest BCUT2D eigenvalue weighted by atomic mass is 16.5. The molecular formula is C19H14N2O2. The lowest BCUT2D eigenvalue weighted by atomic mass is 9.94. The SMILES string of the molecule is CC1(C)CC(=O)c2cc(C#Cc3cccc(C#N)c3)cnc2O1. The van der Waals surface area contributed by atoms with Crippen LogP contribution in [0.2, 0.25) is 0 Å². The summed E-state index contributed by atoms with van der Waals surface area (Å²) < 4.78 is 5.72. The molecule has 0 saturated heterocycles. The monoisotopic (exact) mass is 302 g/mol. The Hall–Kier alpha value is -3.11. The first-order valence-electron chi connectivity index (χ1n) is 7.21. The summed E-state index contributed by atoms with van der Waals surface area (Å²) in [7, 11) is 0. The number of ketones is 1. The zero-order valence-corrected chi connectivity index (χ0v) is 12.9. The van der Waals surface area contributed by atoms with Crippen molar-refractivity contribution >= 4 is 5.78 Å². The Balaban J connectivity index is 1.92. The average molecular weight is 302 g/mol. The number of nitriles is 1. The van der Waals surface area contributed by atoms with Gasteiger partial charge in [0.15, 0.2) is 5.78 Å². The van der Waals surface area contributed by atoms with Gasteiger partial charge in [0.2, 0.25) is 5.88 Å². The fourth-order valence-electron chi connectivity index (χ4n) is 2.39. The Kier molecular flexibility index (Phi) is 3.60. The summed E-state index contributed by atoms with van der Waals surface area (Å²) in [5.74, 6) is 6.33. The minimum Gasteiger partial charge on any atom is -0.471 e. The van der Waals surface area contributed by atoms with E-state index in [1.807, 2.05) is 19.9 Å². The fraction of sp³-hybridized carbons (Fsp3) is 0.211. The largest absolute Gasteiger partial charge is 0.471 e. The van der Waals surface area contributed by atoms with E-state index in [-0.39, 0.29) is 5.78 Å². The third-order valence-corrected chi connectivity index (χ3v) is 3.45. The number of Topliss-reactive ketones (excluding diaryl/α,β-unsaturated/α-hetero) is 1. The predicted octanol–water partition coefficient (Wildman–Crippen LogP) is 3.10. The molecule has 2 aromatic rings. The highest BCUT2D eigenvalue weighted by Crippen LogP contribution is 2.31. The summed E-state index contributed by atoms with van der Waals surface area (Å²) >= 11 is 0. The van der Waals surface area contributed by atoms with Gasteiger partial charge in [-0.05, 0) is 38.1 Å². The van der Waals surface area contributed by atoms with Crippen LogP contribution in [0.3, 0.4) is 0 Å². The van der Waals surface area contributed by atoms with Gasteiger partial charge in [-0.2, -0.15) is 5.26 Å². The van der Waals surface area contributed by atoms with Crippen LogP contribution in [0, 0.1) is 23.2 Å². The second-order valence-electron chi connectivity index (χ2n) is 5.98. The van der Waals surface area contributed by atoms with Crippen LogP contribution >= 0.6 is 0 Å². The number of hydrogen-bond donors (Lipinski definition) is 0. The van der Waals surface area contributed by atoms with E-state index < -0.39 is 5.60 Å². The van der Waals surface area contributed by atoms with E-state index in [0.29, 0.717) is 29.0 Å². The first-order chi connectivity index (χ1) is 11.0. The molecule has 23 heavy (non-hydrogen) atoms. The zero-order valence-electron chi connectivity index (χ0n) is 12.9. The van der Waals surface area contributed by atoms with E-state index in [0.717, 1.165) is 5.56 Å². The van der Waals surface area contributed by atoms with Gasteiger partial charge in [-0.1, -0.05) is 17.9 Å². The van der Waals surface area contributed by atoms with Crippen molar-refractivity contribution in [3.8, 4) is 23.8 Å². The molecule has 1 aliphatic heterocycles. The normalized spacial score (nSPS) is 14.7. The first-order valence-corrected chi connectivity index (χ1v) is 7.21. The molecule has 4 heteroatoms. The van der Waals surface area contributed by atoms with Gasteiger partial charge in [0.1, 0.15) is 5.60 Å². The molecule has 1 aromatic carbocycles. The number of carbonyl (C=O) groups is 1. The summed E-state index contributed by atoms with van der Waals surface area (Å²) in [6, 6.07) is 10.8. The smallest absolute Gasteiger partial charge is 0.224 e. The standard InChI is InChI=1S/C19H14N2O2/c1-19(2)10-17(22)16-9-15(12-21-18(16)23-19)7-6-13-4-3-5-14(8-13)11-20/h3-5,8-9,12H,10H2,1-2H3. The van der Waals surface area contributed by atoms with Crippen LogP contribution in [0.25, 0.3) is 0 Å². The molecule has 0 N–H and O–H groups in total. The van der Waals surface area contributed by atoms with Gasteiger partial charge in [-0.15, -0.1) is 0 Å². The molecule has 0 bridgehead atoms. The van der Waals surface area contributed by atoms with Crippen molar-refractivity contribution in [2.45, 2.75) is 25.9 Å². The molecule has 2 heterocycles. The molecule has 1 aromatic heterocycles. The Labute approximate surface area is 134 Å². The molecule has 0 saturated carbocycles. The van der Waals surface area contributed by atoms with Crippen LogP contribution < -0.4 is 4.74 Å². The van der Waals surface area contributed by atoms with Gasteiger partial charge in [-0.3, -0.25) is 4.79 Å². The lowest BCUT2D eigenvalue weighted by Gasteiger charge is -2.30. The molecule has 0 spiro atoms. The maximum atomic E-state index is 12.2. The topological polar surface area (TPSA) is 63.0 Å². The van der Waals surface area contributed by atoms with Gasteiger partial charge in [0, 0.05) is 17.3 Å². The summed E-state index contributed by atoms with van der Waals surface area (Å²) in [6.45, 7) is 3.73. The molecule has 0 radical (unpaired) electrons. The molecular weight excluding hydrogens is 288 g/mol. The van der Waals surface area contributed by atoms with Crippen LogP contribution in [0.15, 0.2) is 36.5 Å². The molecule has 112 valence electrons. The molecule has 4 nitrogen and oxygen atoms in total. The Bertz CT molecular complexity index is 896. The van der Waals surface area contributed by atoms with Crippen LogP contribution in [0.1, 0.15) is 47.3 Å². The first kappa shape index (κ1) is 14.8. The van der Waals surface area contributed by atoms with Crippen LogP contribution in [0.5, 0.6) is 5.88 Å². The molecule has 3 rings (SSSR count). The van der Waals surface area contributed by atoms with Crippen molar-refractivity contribution in [3.63, 3.8) is 0 Å². The maximum absolute atomic E-state index is 12.2. The quantitative estimate of drug-likeness (QED) is 0.702. The van der Waals surface area contributed by atoms with E-state index in [1.165, 1.54) is 0 Å². The molecule has 1 aliphatic rings. The number of carbonyl (C=O) groups excluding carboxylic acids is 1. The van der Waals surface area contributed by atoms with Gasteiger partial charge in [0.25, 0.3) is 0 Å². The number of pyridine rings is 1. The summed E-state index contributed by atoms with van der Waals surface area (Å²) in [5.41, 5.74) is 1.89. The number of nitrogens with zero attached hydrogens (tertiary/aromatic N) is 2. The third kappa shape index (κ3) is 3.22. The lowest BCUT2D eigenvalue weighted by molar-refractivity contribution is 0.0590. The second-order valence-corrected chi connectivity index (χ2v) is 5.98. The number of benzene rings is 1. The summed E-state index contributed by atoms with van der Waals surface area (Å²) in [6.07, 6.45) is 1.91. The van der Waals surface area contributed by atoms with Crippen molar-refractivity contribution < 1.29 is 9.53 Å². The summed E-state index contributed by atoms with van der Waals surface area (Å²) in [5, 5.41) is 8.89. The van der Waals surface area contributed by atoms with Gasteiger partial charge >= 0.3 is 0 Å². The zero-order chi connectivity index (χ0) is 16.4. The van der Waals surface area contributed by atoms with Crippen molar-refractivity contribution in [1.82, 2.24) is 4.98 Å². The molecule has 0 amide bonds. The minimum atomic E-state index is -0.526. The van der Waals surface area contributed by atoms with Crippen molar-refractivity contribution in [2.24, 2.45) is 0 Å². The van der Waals surface area contributed by atoms with E-state index in [1.54, 1.807) is 30.5 Å².